The quantitative estimate of drug-likeness (QED) is 0.898. The van der Waals surface area contributed by atoms with Crippen molar-refractivity contribution in [2.45, 2.75) is 69.9 Å². The summed E-state index contributed by atoms with van der Waals surface area (Å²) in [4.78, 5) is 12.1. The number of rotatable bonds is 5. The van der Waals surface area contributed by atoms with Crippen molar-refractivity contribution in [2.75, 3.05) is 6.54 Å². The molecule has 1 aromatic rings. The molecule has 110 valence electrons. The van der Waals surface area contributed by atoms with Crippen molar-refractivity contribution in [3.63, 3.8) is 0 Å². The summed E-state index contributed by atoms with van der Waals surface area (Å²) in [5.74, 6) is 0.318. The minimum absolute atomic E-state index is 0.318. The number of carbonyl (C=O) groups excluding carboxylic acids is 1. The number of Topliss-reactive ketones (excluding diaryl/α,β-unsaturated/α-hetero) is 1. The van der Waals surface area contributed by atoms with Crippen molar-refractivity contribution >= 4 is 5.78 Å². The molecular formula is C16H25N3O. The van der Waals surface area contributed by atoms with Crippen LogP contribution in [0.2, 0.25) is 0 Å². The topological polar surface area (TPSA) is 46.9 Å². The lowest BCUT2D eigenvalue weighted by Crippen LogP contribution is -2.25. The lowest BCUT2D eigenvalue weighted by Gasteiger charge is -2.21. The average Bonchev–Trinajstić information content (AvgIpc) is 3.11. The van der Waals surface area contributed by atoms with Crippen LogP contribution in [0.15, 0.2) is 12.3 Å². The lowest BCUT2D eigenvalue weighted by atomic mass is 9.96. The van der Waals surface area contributed by atoms with Gasteiger partial charge in [-0.05, 0) is 38.3 Å². The second kappa shape index (κ2) is 6.53. The molecule has 0 aromatic carbocycles. The minimum atomic E-state index is 0.318. The highest BCUT2D eigenvalue weighted by atomic mass is 16.1. The van der Waals surface area contributed by atoms with Crippen molar-refractivity contribution in [2.24, 2.45) is 0 Å². The summed E-state index contributed by atoms with van der Waals surface area (Å²) in [5, 5.41) is 8.01. The molecule has 1 saturated heterocycles. The van der Waals surface area contributed by atoms with Gasteiger partial charge in [-0.15, -0.1) is 0 Å². The number of carbonyl (C=O) groups is 1. The van der Waals surface area contributed by atoms with E-state index in [9.17, 15) is 4.79 Å². The molecule has 1 aliphatic carbocycles. The third-order valence-corrected chi connectivity index (χ3v) is 4.63. The average molecular weight is 275 g/mol. The molecule has 2 aliphatic rings. The molecule has 1 N–H and O–H groups in total. The number of nitrogens with one attached hydrogen (secondary N) is 1. The Kier molecular flexibility index (Phi) is 4.51. The zero-order valence-electron chi connectivity index (χ0n) is 12.2. The van der Waals surface area contributed by atoms with E-state index in [1.807, 2.05) is 6.07 Å². The van der Waals surface area contributed by atoms with Crippen molar-refractivity contribution < 1.29 is 4.79 Å². The van der Waals surface area contributed by atoms with E-state index in [0.717, 1.165) is 18.7 Å². The van der Waals surface area contributed by atoms with Crippen molar-refractivity contribution in [3.8, 4) is 0 Å². The Hall–Kier alpha value is -1.16. The summed E-state index contributed by atoms with van der Waals surface area (Å²) in [6, 6.07) is 2.99. The summed E-state index contributed by atoms with van der Waals surface area (Å²) in [7, 11) is 0. The molecule has 2 heterocycles. The van der Waals surface area contributed by atoms with Crippen molar-refractivity contribution in [1.29, 1.82) is 0 Å². The van der Waals surface area contributed by atoms with Crippen LogP contribution in [0, 0.1) is 0 Å². The van der Waals surface area contributed by atoms with Crippen LogP contribution in [0.3, 0.4) is 0 Å². The maximum atomic E-state index is 12.1. The standard InChI is InChI=1S/C16H25N3O/c20-16(11-13-5-4-9-17-13)12-14-8-10-19(18-14)15-6-2-1-3-7-15/h8,10,13,15,17H,1-7,9,11-12H2. The summed E-state index contributed by atoms with van der Waals surface area (Å²) < 4.78 is 2.09. The van der Waals surface area contributed by atoms with E-state index in [0.29, 0.717) is 30.7 Å². The van der Waals surface area contributed by atoms with Gasteiger partial charge in [0, 0.05) is 18.7 Å². The van der Waals surface area contributed by atoms with Gasteiger partial charge in [0.25, 0.3) is 0 Å². The smallest absolute Gasteiger partial charge is 0.140 e. The molecule has 1 saturated carbocycles. The zero-order chi connectivity index (χ0) is 13.8. The molecule has 0 amide bonds. The van der Waals surface area contributed by atoms with E-state index in [1.165, 1.54) is 38.5 Å². The van der Waals surface area contributed by atoms with Gasteiger partial charge in [0.1, 0.15) is 5.78 Å². The molecule has 3 rings (SSSR count). The molecular weight excluding hydrogens is 250 g/mol. The van der Waals surface area contributed by atoms with Crippen LogP contribution in [0.5, 0.6) is 0 Å². The highest BCUT2D eigenvalue weighted by molar-refractivity contribution is 5.81. The molecule has 4 nitrogen and oxygen atoms in total. The van der Waals surface area contributed by atoms with Gasteiger partial charge in [-0.25, -0.2) is 0 Å². The zero-order valence-corrected chi connectivity index (χ0v) is 12.2. The third kappa shape index (κ3) is 3.48. The Morgan fingerprint density at radius 1 is 1.25 bits per heavy atom. The van der Waals surface area contributed by atoms with E-state index in [4.69, 9.17) is 0 Å². The van der Waals surface area contributed by atoms with Gasteiger partial charge < -0.3 is 5.32 Å². The van der Waals surface area contributed by atoms with Crippen LogP contribution in [0.25, 0.3) is 0 Å². The van der Waals surface area contributed by atoms with E-state index in [2.05, 4.69) is 21.3 Å². The second-order valence-corrected chi connectivity index (χ2v) is 6.29. The SMILES string of the molecule is O=C(Cc1ccn(C2CCCCC2)n1)CC1CCCN1. The molecule has 1 unspecified atom stereocenters. The van der Waals surface area contributed by atoms with Crippen LogP contribution in [-0.2, 0) is 11.2 Å². The molecule has 0 radical (unpaired) electrons. The van der Waals surface area contributed by atoms with E-state index in [-0.39, 0.29) is 0 Å². The predicted octanol–water partition coefficient (Wildman–Crippen LogP) is 2.64. The van der Waals surface area contributed by atoms with Gasteiger partial charge in [0.05, 0.1) is 18.2 Å². The highest BCUT2D eigenvalue weighted by Crippen LogP contribution is 2.27. The molecule has 4 heteroatoms. The summed E-state index contributed by atoms with van der Waals surface area (Å²) >= 11 is 0. The van der Waals surface area contributed by atoms with Crippen LogP contribution in [0.4, 0.5) is 0 Å². The van der Waals surface area contributed by atoms with Gasteiger partial charge in [0.15, 0.2) is 0 Å². The maximum Gasteiger partial charge on any atom is 0.140 e. The van der Waals surface area contributed by atoms with Gasteiger partial charge >= 0.3 is 0 Å². The summed E-state index contributed by atoms with van der Waals surface area (Å²) in [5.41, 5.74) is 0.943. The van der Waals surface area contributed by atoms with Crippen LogP contribution >= 0.6 is 0 Å². The third-order valence-electron chi connectivity index (χ3n) is 4.63. The molecule has 1 aromatic heterocycles. The van der Waals surface area contributed by atoms with Crippen LogP contribution < -0.4 is 5.32 Å². The second-order valence-electron chi connectivity index (χ2n) is 6.29. The Morgan fingerprint density at radius 2 is 2.10 bits per heavy atom. The van der Waals surface area contributed by atoms with Gasteiger partial charge in [-0.3, -0.25) is 9.48 Å². The van der Waals surface area contributed by atoms with E-state index < -0.39 is 0 Å². The van der Waals surface area contributed by atoms with Gasteiger partial charge in [-0.2, -0.15) is 5.10 Å². The number of aromatic nitrogens is 2. The van der Waals surface area contributed by atoms with E-state index >= 15 is 0 Å². The van der Waals surface area contributed by atoms with Crippen LogP contribution in [0.1, 0.15) is 63.1 Å². The van der Waals surface area contributed by atoms with Crippen molar-refractivity contribution in [3.05, 3.63) is 18.0 Å². The maximum absolute atomic E-state index is 12.1. The highest BCUT2D eigenvalue weighted by Gasteiger charge is 2.19. The van der Waals surface area contributed by atoms with Gasteiger partial charge in [-0.1, -0.05) is 19.3 Å². The Morgan fingerprint density at radius 3 is 2.85 bits per heavy atom. The van der Waals surface area contributed by atoms with E-state index in [1.54, 1.807) is 0 Å². The first-order valence-corrected chi connectivity index (χ1v) is 8.10. The normalized spacial score (nSPS) is 24.1. The Bertz CT molecular complexity index is 442. The fourth-order valence-corrected chi connectivity index (χ4v) is 3.50. The number of hydrogen-bond acceptors (Lipinski definition) is 3. The summed E-state index contributed by atoms with van der Waals surface area (Å²) in [6.07, 6.45) is 12.0. The number of hydrogen-bond donors (Lipinski definition) is 1. The Labute approximate surface area is 120 Å². The van der Waals surface area contributed by atoms with Crippen LogP contribution in [-0.4, -0.2) is 28.2 Å². The molecule has 1 atom stereocenters. The molecule has 0 bridgehead atoms. The first kappa shape index (κ1) is 13.8. The predicted molar refractivity (Wildman–Crippen MR) is 78.7 cm³/mol. The monoisotopic (exact) mass is 275 g/mol. The summed E-state index contributed by atoms with van der Waals surface area (Å²) in [6.45, 7) is 1.06. The molecule has 0 spiro atoms. The molecule has 1 aliphatic heterocycles. The number of ketones is 1. The first-order chi connectivity index (χ1) is 9.81. The number of nitrogens with zero attached hydrogens (tertiary/aromatic N) is 2. The lowest BCUT2D eigenvalue weighted by molar-refractivity contribution is -0.118. The Balaban J connectivity index is 1.52. The molecule has 20 heavy (non-hydrogen) atoms. The first-order valence-electron chi connectivity index (χ1n) is 8.10. The van der Waals surface area contributed by atoms with Gasteiger partial charge in [0.2, 0.25) is 0 Å². The fraction of sp³-hybridized carbons (Fsp3) is 0.750. The molecule has 2 fully saturated rings. The minimum Gasteiger partial charge on any atom is -0.314 e. The fourth-order valence-electron chi connectivity index (χ4n) is 3.50. The van der Waals surface area contributed by atoms with Crippen molar-refractivity contribution in [1.82, 2.24) is 15.1 Å². The largest absolute Gasteiger partial charge is 0.314 e.